The van der Waals surface area contributed by atoms with Crippen molar-refractivity contribution < 1.29 is 37.6 Å². The Morgan fingerprint density at radius 3 is 1.97 bits per heavy atom. The van der Waals surface area contributed by atoms with Crippen molar-refractivity contribution >= 4 is 17.9 Å². The molecule has 1 aliphatic rings. The third kappa shape index (κ3) is 5.62. The fourth-order valence-corrected chi connectivity index (χ4v) is 4.49. The number of ether oxygens (including phenoxy) is 6. The Kier molecular flexibility index (Phi) is 8.29. The third-order valence-electron chi connectivity index (χ3n) is 6.35. The fraction of sp³-hybridized carbons (Fsp3) is 0.267. The summed E-state index contributed by atoms with van der Waals surface area (Å²) in [6.45, 7) is 1.68. The van der Waals surface area contributed by atoms with Crippen molar-refractivity contribution in [2.45, 2.75) is 18.9 Å². The van der Waals surface area contributed by atoms with Crippen molar-refractivity contribution in [3.8, 4) is 28.7 Å². The molecule has 9 heteroatoms. The number of rotatable bonds is 9. The topological polar surface area (TPSA) is 103 Å². The molecule has 4 rings (SSSR count). The van der Waals surface area contributed by atoms with Gasteiger partial charge < -0.3 is 32.8 Å². The van der Waals surface area contributed by atoms with Crippen molar-refractivity contribution in [1.82, 2.24) is 0 Å². The average molecular weight is 535 g/mol. The van der Waals surface area contributed by atoms with E-state index in [1.54, 1.807) is 69.7 Å². The van der Waals surface area contributed by atoms with Gasteiger partial charge in [0.25, 0.3) is 0 Å². The summed E-state index contributed by atoms with van der Waals surface area (Å²) in [6.07, 6.45) is 3.93. The third-order valence-corrected chi connectivity index (χ3v) is 6.35. The zero-order valence-electron chi connectivity index (χ0n) is 22.6. The first-order chi connectivity index (χ1) is 18.8. The Hall–Kier alpha value is -4.66. The molecular formula is C30H30O9. The molecule has 0 aliphatic carbocycles. The fourth-order valence-electron chi connectivity index (χ4n) is 4.49. The zero-order chi connectivity index (χ0) is 28.1. The number of benzene rings is 2. The van der Waals surface area contributed by atoms with E-state index >= 15 is 0 Å². The highest BCUT2D eigenvalue weighted by molar-refractivity contribution is 5.97. The molecule has 0 saturated carbocycles. The minimum atomic E-state index is -1.01. The molecule has 1 aliphatic heterocycles. The largest absolute Gasteiger partial charge is 0.496 e. The van der Waals surface area contributed by atoms with E-state index in [4.69, 9.17) is 32.8 Å². The highest BCUT2D eigenvalue weighted by Crippen LogP contribution is 2.44. The van der Waals surface area contributed by atoms with Crippen LogP contribution >= 0.6 is 0 Å². The summed E-state index contributed by atoms with van der Waals surface area (Å²) in [4.78, 5) is 26.7. The van der Waals surface area contributed by atoms with Gasteiger partial charge in [-0.3, -0.25) is 4.79 Å². The van der Waals surface area contributed by atoms with Crippen LogP contribution in [0.25, 0.3) is 12.2 Å². The molecule has 0 N–H and O–H groups in total. The maximum atomic E-state index is 13.4. The summed E-state index contributed by atoms with van der Waals surface area (Å²) >= 11 is 0. The van der Waals surface area contributed by atoms with Crippen LogP contribution in [0.1, 0.15) is 41.4 Å². The standard InChI is InChI=1S/C30H30O9/c1-17-13-21(31)27(29(38-17)19-9-12-23(34-3)25(15-19)36-5)28-26(37-6)16-20(39-30(28)32)10-7-18-8-11-22(33-2)24(14-18)35-4/h7-16,27,29H,1-6H3/b10-7+/t27-,29-/m1/s1. The van der Waals surface area contributed by atoms with Crippen LogP contribution in [0.5, 0.6) is 28.7 Å². The second kappa shape index (κ2) is 11.8. The van der Waals surface area contributed by atoms with Crippen LogP contribution in [0.15, 0.2) is 63.5 Å². The lowest BCUT2D eigenvalue weighted by Crippen LogP contribution is -2.30. The number of hydrogen-bond donors (Lipinski definition) is 0. The lowest BCUT2D eigenvalue weighted by atomic mass is 9.84. The Labute approximate surface area is 226 Å². The molecule has 39 heavy (non-hydrogen) atoms. The first kappa shape index (κ1) is 27.4. The van der Waals surface area contributed by atoms with Crippen molar-refractivity contribution in [2.75, 3.05) is 35.5 Å². The van der Waals surface area contributed by atoms with E-state index in [9.17, 15) is 9.59 Å². The average Bonchev–Trinajstić information content (AvgIpc) is 2.95. The van der Waals surface area contributed by atoms with Gasteiger partial charge in [-0.05, 0) is 48.4 Å². The minimum Gasteiger partial charge on any atom is -0.496 e. The van der Waals surface area contributed by atoms with Gasteiger partial charge in [0.2, 0.25) is 0 Å². The molecule has 2 aromatic carbocycles. The first-order valence-electron chi connectivity index (χ1n) is 12.1. The number of allylic oxidation sites excluding steroid dienone is 2. The monoisotopic (exact) mass is 534 g/mol. The number of ketones is 1. The van der Waals surface area contributed by atoms with Gasteiger partial charge in [0.05, 0.1) is 52.8 Å². The summed E-state index contributed by atoms with van der Waals surface area (Å²) in [5.41, 5.74) is 0.775. The van der Waals surface area contributed by atoms with Crippen molar-refractivity contribution in [3.05, 3.63) is 87.2 Å². The second-order valence-corrected chi connectivity index (χ2v) is 8.65. The van der Waals surface area contributed by atoms with Gasteiger partial charge in [0, 0.05) is 12.1 Å². The molecule has 0 amide bonds. The summed E-state index contributed by atoms with van der Waals surface area (Å²) in [5.74, 6) is 1.71. The number of hydrogen-bond acceptors (Lipinski definition) is 9. The Bertz CT molecular complexity index is 1480. The summed E-state index contributed by atoms with van der Waals surface area (Å²) in [5, 5.41) is 0. The van der Waals surface area contributed by atoms with E-state index in [-0.39, 0.29) is 22.9 Å². The highest BCUT2D eigenvalue weighted by atomic mass is 16.5. The van der Waals surface area contributed by atoms with E-state index in [0.29, 0.717) is 34.3 Å². The summed E-state index contributed by atoms with van der Waals surface area (Å²) in [6, 6.07) is 12.2. The van der Waals surface area contributed by atoms with Gasteiger partial charge in [0.1, 0.15) is 17.6 Å². The van der Waals surface area contributed by atoms with E-state index in [2.05, 4.69) is 0 Å². The molecule has 0 fully saturated rings. The molecule has 0 spiro atoms. The van der Waals surface area contributed by atoms with E-state index < -0.39 is 17.6 Å². The molecule has 2 atom stereocenters. The predicted octanol–water partition coefficient (Wildman–Crippen LogP) is 5.18. The van der Waals surface area contributed by atoms with Crippen LogP contribution in [0, 0.1) is 0 Å². The summed E-state index contributed by atoms with van der Waals surface area (Å²) in [7, 11) is 7.59. The molecule has 0 radical (unpaired) electrons. The molecule has 2 heterocycles. The normalized spacial score (nSPS) is 16.9. The Morgan fingerprint density at radius 1 is 0.718 bits per heavy atom. The van der Waals surface area contributed by atoms with Gasteiger partial charge in [0.15, 0.2) is 28.8 Å². The predicted molar refractivity (Wildman–Crippen MR) is 145 cm³/mol. The zero-order valence-corrected chi connectivity index (χ0v) is 22.6. The molecule has 9 nitrogen and oxygen atoms in total. The second-order valence-electron chi connectivity index (χ2n) is 8.65. The van der Waals surface area contributed by atoms with Crippen molar-refractivity contribution in [1.29, 1.82) is 0 Å². The van der Waals surface area contributed by atoms with Crippen LogP contribution in [0.2, 0.25) is 0 Å². The number of carbonyl (C=O) groups is 1. The smallest absolute Gasteiger partial charge is 0.344 e. The molecule has 1 aromatic heterocycles. The van der Waals surface area contributed by atoms with Gasteiger partial charge in [-0.25, -0.2) is 4.79 Å². The van der Waals surface area contributed by atoms with Crippen LogP contribution in [-0.4, -0.2) is 41.3 Å². The lowest BCUT2D eigenvalue weighted by Gasteiger charge is -2.31. The molecule has 0 bridgehead atoms. The van der Waals surface area contributed by atoms with Crippen LogP contribution in [0.3, 0.4) is 0 Å². The molecule has 0 saturated heterocycles. The van der Waals surface area contributed by atoms with Crippen LogP contribution in [0.4, 0.5) is 0 Å². The van der Waals surface area contributed by atoms with Gasteiger partial charge in [-0.15, -0.1) is 0 Å². The van der Waals surface area contributed by atoms with E-state index in [0.717, 1.165) is 5.56 Å². The van der Waals surface area contributed by atoms with E-state index in [1.807, 2.05) is 6.07 Å². The highest BCUT2D eigenvalue weighted by Gasteiger charge is 2.40. The maximum absolute atomic E-state index is 13.4. The van der Waals surface area contributed by atoms with Crippen molar-refractivity contribution in [3.63, 3.8) is 0 Å². The molecule has 0 unspecified atom stereocenters. The Balaban J connectivity index is 1.75. The first-order valence-corrected chi connectivity index (χ1v) is 12.1. The number of methoxy groups -OCH3 is 5. The quantitative estimate of drug-likeness (QED) is 0.367. The van der Waals surface area contributed by atoms with Gasteiger partial charge >= 0.3 is 5.63 Å². The van der Waals surface area contributed by atoms with Crippen LogP contribution in [-0.2, 0) is 9.53 Å². The SMILES string of the molecule is COc1ccc(/C=C/c2cc(OC)c([C@H]3C(=O)C=C(C)O[C@@H]3c3ccc(OC)c(OC)c3)c(=O)o2)cc1OC. The molecule has 3 aromatic rings. The van der Waals surface area contributed by atoms with Gasteiger partial charge in [-0.1, -0.05) is 18.2 Å². The Morgan fingerprint density at radius 2 is 1.33 bits per heavy atom. The summed E-state index contributed by atoms with van der Waals surface area (Å²) < 4.78 is 38.7. The van der Waals surface area contributed by atoms with Gasteiger partial charge in [-0.2, -0.15) is 0 Å². The number of carbonyl (C=O) groups excluding carboxylic acids is 1. The lowest BCUT2D eigenvalue weighted by molar-refractivity contribution is -0.121. The minimum absolute atomic E-state index is 0.0642. The molecule has 204 valence electrons. The van der Waals surface area contributed by atoms with Crippen molar-refractivity contribution in [2.24, 2.45) is 0 Å². The van der Waals surface area contributed by atoms with Crippen LogP contribution < -0.4 is 29.3 Å². The maximum Gasteiger partial charge on any atom is 0.344 e. The molecular weight excluding hydrogens is 504 g/mol. The van der Waals surface area contributed by atoms with E-state index in [1.165, 1.54) is 27.4 Å².